The van der Waals surface area contributed by atoms with Gasteiger partial charge in [-0.1, -0.05) is 13.8 Å². The highest BCUT2D eigenvalue weighted by atomic mass is 19.3. The number of likely N-dealkylation sites (tertiary alicyclic amines) is 1. The van der Waals surface area contributed by atoms with E-state index in [-0.39, 0.29) is 12.5 Å². The van der Waals surface area contributed by atoms with Crippen molar-refractivity contribution in [2.24, 2.45) is 5.92 Å². The van der Waals surface area contributed by atoms with Crippen molar-refractivity contribution >= 4 is 0 Å². The van der Waals surface area contributed by atoms with Gasteiger partial charge in [-0.3, -0.25) is 4.90 Å². The Bertz CT molecular complexity index is 155. The summed E-state index contributed by atoms with van der Waals surface area (Å²) < 4.78 is 23.7. The standard InChI is InChI=1S/C8H15F2NO/c1-6(2)8(12)4-11(5-8)3-7(9)10/h6-7,12H,3-5H2,1-2H3. The lowest BCUT2D eigenvalue weighted by molar-refractivity contribution is -0.138. The Labute approximate surface area is 71.2 Å². The molecule has 2 nitrogen and oxygen atoms in total. The summed E-state index contributed by atoms with van der Waals surface area (Å²) in [7, 11) is 0. The molecule has 0 saturated carbocycles. The zero-order valence-corrected chi connectivity index (χ0v) is 7.43. The molecular weight excluding hydrogens is 164 g/mol. The molecule has 0 aromatic carbocycles. The van der Waals surface area contributed by atoms with Gasteiger partial charge in [-0.15, -0.1) is 0 Å². The number of β-amino-alcohol motifs (C(OH)–C–C–N with tert-alkyl or cyclic N) is 1. The molecule has 0 aromatic rings. The van der Waals surface area contributed by atoms with Gasteiger partial charge in [-0.2, -0.15) is 0 Å². The van der Waals surface area contributed by atoms with Crippen LogP contribution in [-0.4, -0.2) is 41.7 Å². The van der Waals surface area contributed by atoms with Crippen LogP contribution in [0.4, 0.5) is 8.78 Å². The van der Waals surface area contributed by atoms with E-state index in [4.69, 9.17) is 0 Å². The van der Waals surface area contributed by atoms with E-state index in [2.05, 4.69) is 0 Å². The van der Waals surface area contributed by atoms with Crippen molar-refractivity contribution in [3.05, 3.63) is 0 Å². The first kappa shape index (κ1) is 9.86. The van der Waals surface area contributed by atoms with Crippen LogP contribution in [0.3, 0.4) is 0 Å². The van der Waals surface area contributed by atoms with Crippen LogP contribution in [0.5, 0.6) is 0 Å². The Morgan fingerprint density at radius 2 is 1.92 bits per heavy atom. The molecule has 1 saturated heterocycles. The Balaban J connectivity index is 2.27. The molecule has 0 aromatic heterocycles. The third-order valence-corrected chi connectivity index (χ3v) is 2.47. The van der Waals surface area contributed by atoms with Gasteiger partial charge in [0.2, 0.25) is 0 Å². The van der Waals surface area contributed by atoms with Crippen molar-refractivity contribution in [3.8, 4) is 0 Å². The lowest BCUT2D eigenvalue weighted by Gasteiger charge is -2.49. The third kappa shape index (κ3) is 1.93. The Hall–Kier alpha value is -0.220. The Morgan fingerprint density at radius 3 is 2.25 bits per heavy atom. The first-order chi connectivity index (χ1) is 5.44. The monoisotopic (exact) mass is 179 g/mol. The number of hydrogen-bond donors (Lipinski definition) is 1. The highest BCUT2D eigenvalue weighted by Crippen LogP contribution is 2.28. The molecule has 0 unspecified atom stereocenters. The van der Waals surface area contributed by atoms with Crippen molar-refractivity contribution < 1.29 is 13.9 Å². The summed E-state index contributed by atoms with van der Waals surface area (Å²) in [5.41, 5.74) is -0.727. The molecule has 0 bridgehead atoms. The molecule has 0 spiro atoms. The van der Waals surface area contributed by atoms with Gasteiger partial charge in [-0.05, 0) is 5.92 Å². The average Bonchev–Trinajstić information content (AvgIpc) is 1.82. The van der Waals surface area contributed by atoms with Crippen molar-refractivity contribution in [3.63, 3.8) is 0 Å². The summed E-state index contributed by atoms with van der Waals surface area (Å²) in [6.07, 6.45) is -2.29. The van der Waals surface area contributed by atoms with Crippen molar-refractivity contribution in [2.45, 2.75) is 25.9 Å². The quantitative estimate of drug-likeness (QED) is 0.697. The molecule has 1 rings (SSSR count). The van der Waals surface area contributed by atoms with Crippen LogP contribution in [0.25, 0.3) is 0 Å². The fraction of sp³-hybridized carbons (Fsp3) is 1.00. The molecule has 0 radical (unpaired) electrons. The van der Waals surface area contributed by atoms with E-state index < -0.39 is 12.0 Å². The van der Waals surface area contributed by atoms with Crippen LogP contribution in [0, 0.1) is 5.92 Å². The normalized spacial score (nSPS) is 23.2. The maximum atomic E-state index is 11.8. The first-order valence-corrected chi connectivity index (χ1v) is 4.17. The van der Waals surface area contributed by atoms with Gasteiger partial charge >= 0.3 is 0 Å². The molecule has 72 valence electrons. The highest BCUT2D eigenvalue weighted by molar-refractivity contribution is 4.97. The second kappa shape index (κ2) is 3.26. The van der Waals surface area contributed by atoms with E-state index in [1.807, 2.05) is 13.8 Å². The number of halogens is 2. The zero-order valence-electron chi connectivity index (χ0n) is 7.43. The van der Waals surface area contributed by atoms with Crippen LogP contribution in [-0.2, 0) is 0 Å². The largest absolute Gasteiger partial charge is 0.387 e. The van der Waals surface area contributed by atoms with Crippen LogP contribution in [0.2, 0.25) is 0 Å². The van der Waals surface area contributed by atoms with Crippen LogP contribution in [0.15, 0.2) is 0 Å². The lowest BCUT2D eigenvalue weighted by Crippen LogP contribution is -2.65. The Kier molecular flexibility index (Phi) is 2.68. The molecule has 12 heavy (non-hydrogen) atoms. The molecule has 1 fully saturated rings. The number of aliphatic hydroxyl groups is 1. The van der Waals surface area contributed by atoms with Gasteiger partial charge < -0.3 is 5.11 Å². The van der Waals surface area contributed by atoms with Gasteiger partial charge in [-0.25, -0.2) is 8.78 Å². The molecule has 0 amide bonds. The maximum absolute atomic E-state index is 11.8. The molecular formula is C8H15F2NO. The van der Waals surface area contributed by atoms with E-state index in [9.17, 15) is 13.9 Å². The van der Waals surface area contributed by atoms with Crippen molar-refractivity contribution in [2.75, 3.05) is 19.6 Å². The Morgan fingerprint density at radius 1 is 1.42 bits per heavy atom. The molecule has 0 atom stereocenters. The number of rotatable bonds is 3. The summed E-state index contributed by atoms with van der Waals surface area (Å²) in [4.78, 5) is 1.57. The molecule has 1 aliphatic rings. The molecule has 1 N–H and O–H groups in total. The molecule has 1 heterocycles. The average molecular weight is 179 g/mol. The summed E-state index contributed by atoms with van der Waals surface area (Å²) in [5, 5.41) is 9.68. The van der Waals surface area contributed by atoms with Gasteiger partial charge in [0.15, 0.2) is 0 Å². The minimum Gasteiger partial charge on any atom is -0.387 e. The second-order valence-electron chi connectivity index (χ2n) is 3.82. The topological polar surface area (TPSA) is 23.5 Å². The summed E-state index contributed by atoms with van der Waals surface area (Å²) in [5.74, 6) is 0.145. The number of nitrogens with zero attached hydrogens (tertiary/aromatic N) is 1. The van der Waals surface area contributed by atoms with Gasteiger partial charge in [0.05, 0.1) is 12.1 Å². The van der Waals surface area contributed by atoms with Crippen LogP contribution < -0.4 is 0 Å². The third-order valence-electron chi connectivity index (χ3n) is 2.47. The van der Waals surface area contributed by atoms with Crippen LogP contribution >= 0.6 is 0 Å². The number of hydrogen-bond acceptors (Lipinski definition) is 2. The highest BCUT2D eigenvalue weighted by Gasteiger charge is 2.43. The fourth-order valence-electron chi connectivity index (χ4n) is 1.42. The number of alkyl halides is 2. The van der Waals surface area contributed by atoms with Crippen LogP contribution in [0.1, 0.15) is 13.8 Å². The van der Waals surface area contributed by atoms with Gasteiger partial charge in [0.25, 0.3) is 6.43 Å². The summed E-state index contributed by atoms with van der Waals surface area (Å²) in [6, 6.07) is 0. The fourth-order valence-corrected chi connectivity index (χ4v) is 1.42. The van der Waals surface area contributed by atoms with E-state index in [1.54, 1.807) is 4.90 Å². The lowest BCUT2D eigenvalue weighted by atomic mass is 9.83. The van der Waals surface area contributed by atoms with E-state index in [0.29, 0.717) is 13.1 Å². The zero-order chi connectivity index (χ0) is 9.35. The second-order valence-corrected chi connectivity index (χ2v) is 3.82. The maximum Gasteiger partial charge on any atom is 0.251 e. The van der Waals surface area contributed by atoms with E-state index in [0.717, 1.165) is 0 Å². The predicted octanol–water partition coefficient (Wildman–Crippen LogP) is 0.954. The minimum atomic E-state index is -2.29. The summed E-state index contributed by atoms with van der Waals surface area (Å²) in [6.45, 7) is 4.36. The molecule has 0 aliphatic carbocycles. The van der Waals surface area contributed by atoms with E-state index in [1.165, 1.54) is 0 Å². The summed E-state index contributed by atoms with van der Waals surface area (Å²) >= 11 is 0. The molecule has 4 heteroatoms. The van der Waals surface area contributed by atoms with Crippen molar-refractivity contribution in [1.82, 2.24) is 4.90 Å². The molecule has 1 aliphatic heterocycles. The van der Waals surface area contributed by atoms with Gasteiger partial charge in [0.1, 0.15) is 0 Å². The van der Waals surface area contributed by atoms with E-state index >= 15 is 0 Å². The van der Waals surface area contributed by atoms with Crippen molar-refractivity contribution in [1.29, 1.82) is 0 Å². The SMILES string of the molecule is CC(C)C1(O)CN(CC(F)F)C1. The predicted molar refractivity (Wildman–Crippen MR) is 42.2 cm³/mol. The smallest absolute Gasteiger partial charge is 0.251 e. The van der Waals surface area contributed by atoms with Gasteiger partial charge in [0, 0.05) is 13.1 Å². The first-order valence-electron chi connectivity index (χ1n) is 4.17. The minimum absolute atomic E-state index is 0.145.